The van der Waals surface area contributed by atoms with Crippen LogP contribution in [0.1, 0.15) is 59.4 Å². The summed E-state index contributed by atoms with van der Waals surface area (Å²) in [7, 11) is 0. The Morgan fingerprint density at radius 3 is 2.91 bits per heavy atom. The van der Waals surface area contributed by atoms with Crippen LogP contribution in [0.3, 0.4) is 0 Å². The van der Waals surface area contributed by atoms with Gasteiger partial charge in [0.05, 0.1) is 16.9 Å². The highest BCUT2D eigenvalue weighted by Crippen LogP contribution is 2.37. The average Bonchev–Trinajstić information content (AvgIpc) is 2.88. The standard InChI is InChI=1S/C16H16F2N2O2/c1-9-4-2-7-12-13(15(17)18)19-20(14(9)12)11-6-3-5-10(8-11)16(21)22/h3,5-6,8-9,15H,2,4,7H2,1H3,(H,21,22). The highest BCUT2D eigenvalue weighted by Gasteiger charge is 2.30. The summed E-state index contributed by atoms with van der Waals surface area (Å²) >= 11 is 0. The Morgan fingerprint density at radius 1 is 1.45 bits per heavy atom. The normalized spacial score (nSPS) is 17.5. The number of hydrogen-bond acceptors (Lipinski definition) is 2. The van der Waals surface area contributed by atoms with Crippen molar-refractivity contribution < 1.29 is 18.7 Å². The van der Waals surface area contributed by atoms with E-state index in [2.05, 4.69) is 5.10 Å². The van der Waals surface area contributed by atoms with Gasteiger partial charge in [-0.1, -0.05) is 13.0 Å². The van der Waals surface area contributed by atoms with Crippen LogP contribution in [-0.4, -0.2) is 20.9 Å². The molecule has 1 atom stereocenters. The van der Waals surface area contributed by atoms with E-state index < -0.39 is 12.4 Å². The van der Waals surface area contributed by atoms with Crippen molar-refractivity contribution in [2.75, 3.05) is 0 Å². The minimum atomic E-state index is -2.62. The number of aromatic carboxylic acids is 1. The first-order chi connectivity index (χ1) is 10.5. The van der Waals surface area contributed by atoms with Gasteiger partial charge in [0.1, 0.15) is 5.69 Å². The summed E-state index contributed by atoms with van der Waals surface area (Å²) in [5.74, 6) is -0.928. The monoisotopic (exact) mass is 306 g/mol. The lowest BCUT2D eigenvalue weighted by atomic mass is 9.87. The summed E-state index contributed by atoms with van der Waals surface area (Å²) in [5, 5.41) is 13.2. The van der Waals surface area contributed by atoms with Gasteiger partial charge in [-0.2, -0.15) is 5.10 Å². The first-order valence-electron chi connectivity index (χ1n) is 7.22. The molecule has 1 aromatic heterocycles. The fraction of sp³-hybridized carbons (Fsp3) is 0.375. The molecule has 0 saturated heterocycles. The van der Waals surface area contributed by atoms with E-state index in [1.807, 2.05) is 6.92 Å². The van der Waals surface area contributed by atoms with Crippen molar-refractivity contribution in [2.45, 2.75) is 38.5 Å². The van der Waals surface area contributed by atoms with Crippen molar-refractivity contribution >= 4 is 5.97 Å². The largest absolute Gasteiger partial charge is 0.478 e. The average molecular weight is 306 g/mol. The molecule has 1 unspecified atom stereocenters. The number of aromatic nitrogens is 2. The Balaban J connectivity index is 2.19. The first-order valence-corrected chi connectivity index (χ1v) is 7.22. The summed E-state index contributed by atoms with van der Waals surface area (Å²) < 4.78 is 28.0. The molecule has 0 aliphatic heterocycles. The number of alkyl halides is 2. The zero-order chi connectivity index (χ0) is 15.9. The van der Waals surface area contributed by atoms with Crippen molar-refractivity contribution in [1.82, 2.24) is 9.78 Å². The number of carboxylic acids is 1. The fourth-order valence-corrected chi connectivity index (χ4v) is 3.11. The fourth-order valence-electron chi connectivity index (χ4n) is 3.11. The second-order valence-corrected chi connectivity index (χ2v) is 5.61. The Hall–Kier alpha value is -2.24. The van der Waals surface area contributed by atoms with E-state index in [9.17, 15) is 13.6 Å². The summed E-state index contributed by atoms with van der Waals surface area (Å²) in [5.41, 5.74) is 1.85. The number of nitrogens with zero attached hydrogens (tertiary/aromatic N) is 2. The lowest BCUT2D eigenvalue weighted by Crippen LogP contribution is -2.12. The van der Waals surface area contributed by atoms with Gasteiger partial charge >= 0.3 is 5.97 Å². The zero-order valence-corrected chi connectivity index (χ0v) is 12.1. The number of benzene rings is 1. The molecule has 0 fully saturated rings. The summed E-state index contributed by atoms with van der Waals surface area (Å²) in [4.78, 5) is 11.1. The summed E-state index contributed by atoms with van der Waals surface area (Å²) in [6.45, 7) is 1.99. The van der Waals surface area contributed by atoms with Gasteiger partial charge in [-0.3, -0.25) is 0 Å². The molecule has 0 bridgehead atoms. The molecule has 1 heterocycles. The number of carbonyl (C=O) groups is 1. The molecule has 22 heavy (non-hydrogen) atoms. The molecular weight excluding hydrogens is 290 g/mol. The Kier molecular flexibility index (Phi) is 3.68. The number of fused-ring (bicyclic) bond motifs is 1. The predicted octanol–water partition coefficient (Wildman–Crippen LogP) is 3.95. The topological polar surface area (TPSA) is 55.1 Å². The van der Waals surface area contributed by atoms with Crippen molar-refractivity contribution in [3.63, 3.8) is 0 Å². The number of carboxylic acid groups (broad SMARTS) is 1. The molecule has 1 aliphatic rings. The Bertz CT molecular complexity index is 725. The van der Waals surface area contributed by atoms with E-state index in [4.69, 9.17) is 5.11 Å². The van der Waals surface area contributed by atoms with E-state index in [1.165, 1.54) is 16.8 Å². The molecule has 6 heteroatoms. The maximum absolute atomic E-state index is 13.2. The van der Waals surface area contributed by atoms with Crippen LogP contribution in [0.2, 0.25) is 0 Å². The van der Waals surface area contributed by atoms with Gasteiger partial charge in [-0.15, -0.1) is 0 Å². The van der Waals surface area contributed by atoms with Gasteiger partial charge in [0.2, 0.25) is 0 Å². The molecule has 2 aromatic rings. The van der Waals surface area contributed by atoms with Crippen molar-refractivity contribution in [3.05, 3.63) is 46.8 Å². The summed E-state index contributed by atoms with van der Waals surface area (Å²) in [6, 6.07) is 6.23. The minimum Gasteiger partial charge on any atom is -0.478 e. The highest BCUT2D eigenvalue weighted by molar-refractivity contribution is 5.88. The molecule has 0 spiro atoms. The van der Waals surface area contributed by atoms with Crippen LogP contribution in [0.15, 0.2) is 24.3 Å². The van der Waals surface area contributed by atoms with E-state index in [1.54, 1.807) is 12.1 Å². The Labute approximate surface area is 126 Å². The van der Waals surface area contributed by atoms with Gasteiger partial charge in [0.15, 0.2) is 0 Å². The van der Waals surface area contributed by atoms with Crippen LogP contribution in [0.5, 0.6) is 0 Å². The first kappa shape index (κ1) is 14.7. The molecule has 116 valence electrons. The van der Waals surface area contributed by atoms with Crippen molar-refractivity contribution in [1.29, 1.82) is 0 Å². The van der Waals surface area contributed by atoms with Gasteiger partial charge < -0.3 is 5.11 Å². The lowest BCUT2D eigenvalue weighted by molar-refractivity contribution is 0.0696. The molecule has 3 rings (SSSR count). The molecule has 1 aliphatic carbocycles. The molecule has 4 nitrogen and oxygen atoms in total. The molecule has 1 aromatic carbocycles. The second kappa shape index (κ2) is 5.51. The maximum atomic E-state index is 13.2. The summed E-state index contributed by atoms with van der Waals surface area (Å²) in [6.07, 6.45) is -0.241. The number of hydrogen-bond donors (Lipinski definition) is 1. The SMILES string of the molecule is CC1CCCc2c(C(F)F)nn(-c3cccc(C(=O)O)c3)c21. The number of rotatable bonds is 3. The van der Waals surface area contributed by atoms with Crippen LogP contribution in [0.25, 0.3) is 5.69 Å². The van der Waals surface area contributed by atoms with Crippen LogP contribution < -0.4 is 0 Å². The quantitative estimate of drug-likeness (QED) is 0.934. The van der Waals surface area contributed by atoms with E-state index in [0.29, 0.717) is 17.7 Å². The third-order valence-electron chi connectivity index (χ3n) is 4.13. The second-order valence-electron chi connectivity index (χ2n) is 5.61. The van der Waals surface area contributed by atoms with E-state index in [-0.39, 0.29) is 17.2 Å². The van der Waals surface area contributed by atoms with Gasteiger partial charge in [0.25, 0.3) is 6.43 Å². The van der Waals surface area contributed by atoms with Crippen LogP contribution in [0, 0.1) is 0 Å². The molecule has 0 amide bonds. The molecule has 0 saturated carbocycles. The van der Waals surface area contributed by atoms with E-state index in [0.717, 1.165) is 18.5 Å². The van der Waals surface area contributed by atoms with Gasteiger partial charge in [0, 0.05) is 5.56 Å². The van der Waals surface area contributed by atoms with Crippen molar-refractivity contribution in [2.24, 2.45) is 0 Å². The lowest BCUT2D eigenvalue weighted by Gasteiger charge is -2.21. The molecule has 1 N–H and O–H groups in total. The highest BCUT2D eigenvalue weighted by atomic mass is 19.3. The molecular formula is C16H16F2N2O2. The number of halogens is 2. The predicted molar refractivity (Wildman–Crippen MR) is 76.8 cm³/mol. The zero-order valence-electron chi connectivity index (χ0n) is 12.1. The smallest absolute Gasteiger partial charge is 0.335 e. The van der Waals surface area contributed by atoms with Crippen molar-refractivity contribution in [3.8, 4) is 5.69 Å². The van der Waals surface area contributed by atoms with E-state index >= 15 is 0 Å². The van der Waals surface area contributed by atoms with Crippen LogP contribution >= 0.6 is 0 Å². The minimum absolute atomic E-state index is 0.115. The third kappa shape index (κ3) is 2.38. The Morgan fingerprint density at radius 2 is 2.23 bits per heavy atom. The van der Waals surface area contributed by atoms with Gasteiger partial charge in [-0.05, 0) is 43.4 Å². The third-order valence-corrected chi connectivity index (χ3v) is 4.13. The van der Waals surface area contributed by atoms with Gasteiger partial charge in [-0.25, -0.2) is 18.3 Å². The van der Waals surface area contributed by atoms with Crippen LogP contribution in [0.4, 0.5) is 8.78 Å². The molecule has 0 radical (unpaired) electrons. The maximum Gasteiger partial charge on any atom is 0.335 e. The van der Waals surface area contributed by atoms with Crippen LogP contribution in [-0.2, 0) is 6.42 Å².